The van der Waals surface area contributed by atoms with Crippen molar-refractivity contribution in [1.82, 2.24) is 20.3 Å². The van der Waals surface area contributed by atoms with E-state index in [1.54, 1.807) is 18.2 Å². The summed E-state index contributed by atoms with van der Waals surface area (Å²) in [6, 6.07) is 6.31. The van der Waals surface area contributed by atoms with Gasteiger partial charge in [0.15, 0.2) is 0 Å². The molecular weight excluding hydrogens is 353 g/mol. The second kappa shape index (κ2) is 7.62. The lowest BCUT2D eigenvalue weighted by atomic mass is 9.82. The van der Waals surface area contributed by atoms with Gasteiger partial charge >= 0.3 is 6.18 Å². The Labute approximate surface area is 157 Å². The summed E-state index contributed by atoms with van der Waals surface area (Å²) < 4.78 is 43.5. The lowest BCUT2D eigenvalue weighted by Crippen LogP contribution is -2.40. The average molecular weight is 378 g/mol. The number of benzene rings is 1. The quantitative estimate of drug-likeness (QED) is 0.758. The van der Waals surface area contributed by atoms with Gasteiger partial charge in [-0.1, -0.05) is 54.8 Å². The predicted octanol–water partition coefficient (Wildman–Crippen LogP) is 5.13. The minimum Gasteiger partial charge on any atom is -0.294 e. The molecule has 4 nitrogen and oxygen atoms in total. The Balaban J connectivity index is 1.63. The van der Waals surface area contributed by atoms with Crippen LogP contribution in [0.25, 0.3) is 0 Å². The fourth-order valence-corrected chi connectivity index (χ4v) is 4.09. The molecule has 27 heavy (non-hydrogen) atoms. The molecule has 1 aromatic carbocycles. The molecule has 0 bridgehead atoms. The number of hydrogen-bond donors (Lipinski definition) is 1. The third kappa shape index (κ3) is 4.34. The maximum Gasteiger partial charge on any atom is 0.407 e. The van der Waals surface area contributed by atoms with Crippen molar-refractivity contribution in [2.45, 2.75) is 69.2 Å². The van der Waals surface area contributed by atoms with Crippen molar-refractivity contribution >= 4 is 0 Å². The van der Waals surface area contributed by atoms with E-state index >= 15 is 0 Å². The molecule has 0 spiro atoms. The van der Waals surface area contributed by atoms with Crippen LogP contribution in [0.3, 0.4) is 0 Å². The van der Waals surface area contributed by atoms with Gasteiger partial charge in [-0.05, 0) is 37.2 Å². The zero-order valence-electron chi connectivity index (χ0n) is 15.2. The van der Waals surface area contributed by atoms with E-state index in [-0.39, 0.29) is 11.5 Å². The van der Waals surface area contributed by atoms with Crippen molar-refractivity contribution in [2.75, 3.05) is 0 Å². The van der Waals surface area contributed by atoms with Gasteiger partial charge in [0.25, 0.3) is 0 Å². The molecule has 2 saturated carbocycles. The topological polar surface area (TPSA) is 42.7 Å². The van der Waals surface area contributed by atoms with Crippen LogP contribution in [0, 0.1) is 5.92 Å². The first-order valence-corrected chi connectivity index (χ1v) is 9.82. The Morgan fingerprint density at radius 2 is 1.70 bits per heavy atom. The van der Waals surface area contributed by atoms with Crippen LogP contribution in [-0.4, -0.2) is 21.2 Å². The van der Waals surface area contributed by atoms with Gasteiger partial charge in [-0.2, -0.15) is 13.2 Å². The van der Waals surface area contributed by atoms with E-state index < -0.39 is 18.3 Å². The molecule has 146 valence electrons. The number of nitrogens with one attached hydrogen (secondary N) is 1. The smallest absolute Gasteiger partial charge is 0.294 e. The first-order valence-electron chi connectivity index (χ1n) is 9.82. The number of halogens is 3. The molecule has 2 aliphatic carbocycles. The van der Waals surface area contributed by atoms with E-state index in [4.69, 9.17) is 0 Å². The van der Waals surface area contributed by atoms with Crippen LogP contribution in [-0.2, 0) is 0 Å². The fourth-order valence-electron chi connectivity index (χ4n) is 4.09. The Morgan fingerprint density at radius 1 is 1.00 bits per heavy atom. The van der Waals surface area contributed by atoms with Gasteiger partial charge in [0.2, 0.25) is 0 Å². The predicted molar refractivity (Wildman–Crippen MR) is 96.0 cm³/mol. The number of nitrogens with zero attached hydrogens (tertiary/aromatic N) is 3. The van der Waals surface area contributed by atoms with E-state index in [1.165, 1.54) is 12.1 Å². The van der Waals surface area contributed by atoms with Gasteiger partial charge < -0.3 is 0 Å². The van der Waals surface area contributed by atoms with Gasteiger partial charge in [-0.25, -0.2) is 4.68 Å². The van der Waals surface area contributed by atoms with E-state index in [0.717, 1.165) is 44.9 Å². The first kappa shape index (κ1) is 18.5. The molecule has 1 heterocycles. The van der Waals surface area contributed by atoms with E-state index in [0.29, 0.717) is 11.7 Å². The lowest BCUT2D eigenvalue weighted by molar-refractivity contribution is -0.161. The minimum atomic E-state index is -4.37. The highest BCUT2D eigenvalue weighted by Gasteiger charge is 2.43. The minimum absolute atomic E-state index is 0.150. The van der Waals surface area contributed by atoms with E-state index in [2.05, 4.69) is 15.6 Å². The summed E-state index contributed by atoms with van der Waals surface area (Å²) in [5.74, 6) is 0.150. The Morgan fingerprint density at radius 3 is 2.33 bits per heavy atom. The number of rotatable bonds is 6. The molecule has 1 N–H and O–H groups in total. The monoisotopic (exact) mass is 378 g/mol. The van der Waals surface area contributed by atoms with Crippen molar-refractivity contribution in [1.29, 1.82) is 0 Å². The zero-order chi connectivity index (χ0) is 18.9. The summed E-state index contributed by atoms with van der Waals surface area (Å²) in [5, 5.41) is 11.4. The second-order valence-electron chi connectivity index (χ2n) is 7.78. The molecule has 1 aromatic heterocycles. The normalized spacial score (nSPS) is 21.1. The van der Waals surface area contributed by atoms with Crippen LogP contribution >= 0.6 is 0 Å². The van der Waals surface area contributed by atoms with Crippen molar-refractivity contribution in [2.24, 2.45) is 5.92 Å². The maximum atomic E-state index is 13.9. The third-order valence-electron chi connectivity index (χ3n) is 5.70. The van der Waals surface area contributed by atoms with E-state index in [9.17, 15) is 13.2 Å². The molecule has 2 fully saturated rings. The molecule has 2 unspecified atom stereocenters. The standard InChI is InChI=1S/C20H25F3N4/c21-20(22,23)19(15-9-5-2-6-10-15)24-18(14-7-3-1-4-8-14)17-13-27(26-25-17)16-11-12-16/h2,5-6,9-10,13-14,16,18-19,24H,1,3-4,7-8,11-12H2. The first-order chi connectivity index (χ1) is 13.0. The van der Waals surface area contributed by atoms with Gasteiger partial charge in [0, 0.05) is 0 Å². The Hall–Kier alpha value is -1.89. The zero-order valence-corrected chi connectivity index (χ0v) is 15.2. The summed E-state index contributed by atoms with van der Waals surface area (Å²) in [6.07, 6.45) is 4.73. The van der Waals surface area contributed by atoms with Crippen LogP contribution in [0.1, 0.15) is 74.3 Å². The summed E-state index contributed by atoms with van der Waals surface area (Å²) in [5.41, 5.74) is 0.874. The molecule has 0 aliphatic heterocycles. The van der Waals surface area contributed by atoms with Crippen molar-refractivity contribution in [3.05, 3.63) is 47.8 Å². The van der Waals surface area contributed by atoms with Crippen LogP contribution in [0.5, 0.6) is 0 Å². The molecule has 4 rings (SSSR count). The van der Waals surface area contributed by atoms with Crippen molar-refractivity contribution < 1.29 is 13.2 Å². The largest absolute Gasteiger partial charge is 0.407 e. The Bertz CT molecular complexity index is 733. The number of hydrogen-bond acceptors (Lipinski definition) is 3. The molecular formula is C20H25F3N4. The molecule has 2 atom stereocenters. The molecule has 0 radical (unpaired) electrons. The van der Waals surface area contributed by atoms with Crippen molar-refractivity contribution in [3.63, 3.8) is 0 Å². The van der Waals surface area contributed by atoms with Gasteiger partial charge in [-0.3, -0.25) is 5.32 Å². The summed E-state index contributed by atoms with van der Waals surface area (Å²) in [6.45, 7) is 0. The van der Waals surface area contributed by atoms with Gasteiger partial charge in [0.05, 0.1) is 24.0 Å². The highest BCUT2D eigenvalue weighted by atomic mass is 19.4. The van der Waals surface area contributed by atoms with Gasteiger partial charge in [0.1, 0.15) is 6.04 Å². The summed E-state index contributed by atoms with van der Waals surface area (Å²) >= 11 is 0. The highest BCUT2D eigenvalue weighted by molar-refractivity contribution is 5.21. The molecule has 0 amide bonds. The molecule has 7 heteroatoms. The highest BCUT2D eigenvalue weighted by Crippen LogP contribution is 2.40. The summed E-state index contributed by atoms with van der Waals surface area (Å²) in [7, 11) is 0. The number of aromatic nitrogens is 3. The Kier molecular flexibility index (Phi) is 5.21. The molecule has 2 aromatic rings. The van der Waals surface area contributed by atoms with Gasteiger partial charge in [-0.15, -0.1) is 5.10 Å². The summed E-state index contributed by atoms with van der Waals surface area (Å²) in [4.78, 5) is 0. The van der Waals surface area contributed by atoms with Crippen molar-refractivity contribution in [3.8, 4) is 0 Å². The lowest BCUT2D eigenvalue weighted by Gasteiger charge is -2.33. The molecule has 0 saturated heterocycles. The maximum absolute atomic E-state index is 13.9. The SMILES string of the molecule is FC(F)(F)C(NC(c1cn(C2CC2)nn1)C1CCCCC1)c1ccccc1. The fraction of sp³-hybridized carbons (Fsp3) is 0.600. The van der Waals surface area contributed by atoms with Crippen LogP contribution in [0.15, 0.2) is 36.5 Å². The third-order valence-corrected chi connectivity index (χ3v) is 5.70. The van der Waals surface area contributed by atoms with Crippen LogP contribution < -0.4 is 5.32 Å². The second-order valence-corrected chi connectivity index (χ2v) is 7.78. The van der Waals surface area contributed by atoms with E-state index in [1.807, 2.05) is 10.9 Å². The average Bonchev–Trinajstić information content (AvgIpc) is 3.41. The number of alkyl halides is 3. The van der Waals surface area contributed by atoms with Crippen LogP contribution in [0.2, 0.25) is 0 Å². The van der Waals surface area contributed by atoms with Crippen LogP contribution in [0.4, 0.5) is 13.2 Å². The molecule has 2 aliphatic rings.